The molecule has 7 rings (SSSR count). The van der Waals surface area contributed by atoms with Crippen molar-refractivity contribution in [2.75, 3.05) is 68.6 Å². The summed E-state index contributed by atoms with van der Waals surface area (Å²) in [4.78, 5) is 14.7. The lowest BCUT2D eigenvalue weighted by Gasteiger charge is -2.23. The van der Waals surface area contributed by atoms with Crippen LogP contribution in [0.2, 0.25) is 0 Å². The number of aromatic nitrogens is 4. The van der Waals surface area contributed by atoms with E-state index in [4.69, 9.17) is 9.47 Å². The maximum absolute atomic E-state index is 6.10. The summed E-state index contributed by atoms with van der Waals surface area (Å²) in [5, 5.41) is 4.09. The van der Waals surface area contributed by atoms with Crippen LogP contribution in [0.3, 0.4) is 0 Å². The van der Waals surface area contributed by atoms with Gasteiger partial charge in [-0.1, -0.05) is 24.3 Å². The Morgan fingerprint density at radius 1 is 0.442 bits per heavy atom. The Kier molecular flexibility index (Phi) is 9.86. The standard InChI is InChI=1S/C44H52N6O2/c1-49(2,3)25-7-27-51-37-17-9-31(10-18-37)43-39-21-13-33(45-39)29-35-15-23-41(47-35)44(42-24-16-36(48-42)30-34-14-22-40(43)46-34)32-11-19-38(20-12-32)52-28-8-26-50(4,5)6/h9-24,29-30,45-48H,7-8,25-28H2,1-6H3/q+2. The van der Waals surface area contributed by atoms with E-state index < -0.39 is 0 Å². The Bertz CT molecular complexity index is 2200. The van der Waals surface area contributed by atoms with Crippen LogP contribution in [-0.4, -0.2) is 97.5 Å². The molecular weight excluding hydrogens is 645 g/mol. The number of nitrogens with one attached hydrogen (secondary N) is 4. The molecule has 4 aromatic heterocycles. The van der Waals surface area contributed by atoms with E-state index in [0.29, 0.717) is 13.2 Å². The highest BCUT2D eigenvalue weighted by Gasteiger charge is 2.14. The summed E-state index contributed by atoms with van der Waals surface area (Å²) < 4.78 is 14.1. The normalized spacial score (nSPS) is 13.1. The predicted molar refractivity (Wildman–Crippen MR) is 211 cm³/mol. The second-order valence-electron chi connectivity index (χ2n) is 15.8. The molecule has 2 aromatic carbocycles. The van der Waals surface area contributed by atoms with Crippen LogP contribution in [0.1, 0.15) is 46.7 Å². The first kappa shape index (κ1) is 35.0. The van der Waals surface area contributed by atoms with E-state index in [1.54, 1.807) is 0 Å². The maximum Gasteiger partial charge on any atom is 0.119 e. The molecule has 0 unspecified atom stereocenters. The molecule has 0 fully saturated rings. The molecule has 52 heavy (non-hydrogen) atoms. The van der Waals surface area contributed by atoms with Crippen LogP contribution in [-0.2, 0) is 0 Å². The summed E-state index contributed by atoms with van der Waals surface area (Å²) in [6.07, 6.45) is 6.33. The molecule has 8 heteroatoms. The number of hydrogen-bond acceptors (Lipinski definition) is 2. The van der Waals surface area contributed by atoms with Gasteiger partial charge in [-0.25, -0.2) is 0 Å². The molecule has 0 radical (unpaired) electrons. The molecule has 5 heterocycles. The van der Waals surface area contributed by atoms with Gasteiger partial charge in [0.25, 0.3) is 0 Å². The Morgan fingerprint density at radius 2 is 0.846 bits per heavy atom. The average Bonchev–Trinajstić information content (AvgIpc) is 3.93. The maximum atomic E-state index is 6.10. The number of H-pyrrole nitrogens is 4. The molecule has 0 saturated heterocycles. The van der Waals surface area contributed by atoms with Crippen molar-refractivity contribution in [2.45, 2.75) is 12.8 Å². The molecule has 1 aliphatic heterocycles. The van der Waals surface area contributed by atoms with Crippen LogP contribution in [0, 0.1) is 0 Å². The first-order valence-corrected chi connectivity index (χ1v) is 18.2. The molecule has 0 spiro atoms. The van der Waals surface area contributed by atoms with Gasteiger partial charge in [-0.3, -0.25) is 0 Å². The summed E-state index contributed by atoms with van der Waals surface area (Å²) in [7, 11) is 13.3. The van der Waals surface area contributed by atoms with Crippen LogP contribution in [0.4, 0.5) is 0 Å². The second-order valence-corrected chi connectivity index (χ2v) is 15.8. The fourth-order valence-corrected chi connectivity index (χ4v) is 6.71. The van der Waals surface area contributed by atoms with Gasteiger partial charge >= 0.3 is 0 Å². The first-order chi connectivity index (χ1) is 25.0. The second kappa shape index (κ2) is 14.7. The van der Waals surface area contributed by atoms with Crippen LogP contribution < -0.4 is 30.9 Å². The molecule has 0 atom stereocenters. The first-order valence-electron chi connectivity index (χ1n) is 18.2. The number of ether oxygens (including phenoxy) is 2. The molecule has 0 amide bonds. The Morgan fingerprint density at radius 3 is 1.23 bits per heavy atom. The predicted octanol–water partition coefficient (Wildman–Crippen LogP) is 4.41. The molecule has 0 saturated carbocycles. The van der Waals surface area contributed by atoms with Crippen LogP contribution in [0.25, 0.3) is 23.3 Å². The molecule has 4 N–H and O–H groups in total. The number of rotatable bonds is 12. The summed E-state index contributed by atoms with van der Waals surface area (Å²) in [6, 6.07) is 34.0. The molecule has 6 aromatic rings. The lowest BCUT2D eigenvalue weighted by molar-refractivity contribution is -0.870. The summed E-state index contributed by atoms with van der Waals surface area (Å²) in [5.74, 6) is 1.77. The van der Waals surface area contributed by atoms with E-state index in [-0.39, 0.29) is 0 Å². The zero-order valence-corrected chi connectivity index (χ0v) is 31.3. The third-order valence-corrected chi connectivity index (χ3v) is 9.30. The zero-order chi connectivity index (χ0) is 36.3. The van der Waals surface area contributed by atoms with E-state index in [0.717, 1.165) is 113 Å². The minimum atomic E-state index is 0.704. The fraction of sp³-hybridized carbons (Fsp3) is 0.273. The van der Waals surface area contributed by atoms with Crippen LogP contribution in [0.5, 0.6) is 11.5 Å². The largest absolute Gasteiger partial charge is 0.493 e. The van der Waals surface area contributed by atoms with Gasteiger partial charge in [0.1, 0.15) is 11.5 Å². The number of benzene rings is 2. The van der Waals surface area contributed by atoms with Crippen molar-refractivity contribution in [1.82, 2.24) is 19.9 Å². The third-order valence-electron chi connectivity index (χ3n) is 9.30. The van der Waals surface area contributed by atoms with Gasteiger partial charge in [-0.15, -0.1) is 0 Å². The monoisotopic (exact) mass is 696 g/mol. The number of hydrogen-bond donors (Lipinski definition) is 4. The van der Waals surface area contributed by atoms with Crippen molar-refractivity contribution in [3.8, 4) is 11.5 Å². The summed E-state index contributed by atoms with van der Waals surface area (Å²) >= 11 is 0. The van der Waals surface area contributed by atoms with Gasteiger partial charge in [-0.2, -0.15) is 0 Å². The van der Waals surface area contributed by atoms with Gasteiger partial charge in [0.15, 0.2) is 0 Å². The number of nitrogens with zero attached hydrogens (tertiary/aromatic N) is 2. The van der Waals surface area contributed by atoms with Gasteiger partial charge < -0.3 is 38.4 Å². The average molecular weight is 697 g/mol. The SMILES string of the molecule is C[N+](C)(C)CCCOc1ccc(C2=c3ccc([nH]3)=Cc3ccc([nH]3)C(c3ccc(OCCC[N+](C)(C)C)cc3)=c3ccc([nH]3)=Cc3ccc2[nH]3)cc1. The third kappa shape index (κ3) is 8.70. The van der Waals surface area contributed by atoms with E-state index in [9.17, 15) is 0 Å². The zero-order valence-electron chi connectivity index (χ0n) is 31.3. The van der Waals surface area contributed by atoms with Gasteiger partial charge in [0.05, 0.1) is 68.6 Å². The smallest absolute Gasteiger partial charge is 0.119 e. The van der Waals surface area contributed by atoms with Crippen molar-refractivity contribution in [2.24, 2.45) is 0 Å². The summed E-state index contributed by atoms with van der Waals surface area (Å²) in [5.41, 5.74) is 8.49. The Labute approximate surface area is 306 Å². The van der Waals surface area contributed by atoms with Crippen LogP contribution in [0.15, 0.2) is 97.1 Å². The Balaban J connectivity index is 1.23. The van der Waals surface area contributed by atoms with Crippen molar-refractivity contribution in [1.29, 1.82) is 0 Å². The molecule has 0 aliphatic carbocycles. The molecule has 8 nitrogen and oxygen atoms in total. The number of aromatic amines is 4. The molecular formula is C44H52N6O2+2. The van der Waals surface area contributed by atoms with E-state index in [2.05, 4.69) is 171 Å². The lowest BCUT2D eigenvalue weighted by atomic mass is 10.0. The number of fused-ring (bicyclic) bond motifs is 8. The molecule has 268 valence electrons. The van der Waals surface area contributed by atoms with Crippen molar-refractivity contribution < 1.29 is 18.4 Å². The van der Waals surface area contributed by atoms with E-state index in [1.807, 2.05) is 0 Å². The number of quaternary nitrogens is 2. The van der Waals surface area contributed by atoms with Gasteiger partial charge in [0, 0.05) is 68.2 Å². The Hall–Kier alpha value is -5.44. The van der Waals surface area contributed by atoms with Gasteiger partial charge in [-0.05, 0) is 96.1 Å². The molecule has 8 bridgehead atoms. The van der Waals surface area contributed by atoms with Gasteiger partial charge in [0.2, 0.25) is 0 Å². The minimum absolute atomic E-state index is 0.704. The topological polar surface area (TPSA) is 81.6 Å². The van der Waals surface area contributed by atoms with Crippen molar-refractivity contribution in [3.63, 3.8) is 0 Å². The quantitative estimate of drug-likeness (QED) is 0.113. The summed E-state index contributed by atoms with van der Waals surface area (Å²) in [6.45, 7) is 3.55. The van der Waals surface area contributed by atoms with Crippen molar-refractivity contribution >= 4 is 23.3 Å². The van der Waals surface area contributed by atoms with E-state index >= 15 is 0 Å². The van der Waals surface area contributed by atoms with Crippen LogP contribution >= 0.6 is 0 Å². The lowest BCUT2D eigenvalue weighted by Crippen LogP contribution is -2.36. The van der Waals surface area contributed by atoms with Crippen molar-refractivity contribution in [3.05, 3.63) is 152 Å². The fourth-order valence-electron chi connectivity index (χ4n) is 6.71. The molecule has 1 aliphatic rings. The minimum Gasteiger partial charge on any atom is -0.493 e. The van der Waals surface area contributed by atoms with E-state index in [1.165, 1.54) is 0 Å². The highest BCUT2D eigenvalue weighted by molar-refractivity contribution is 5.79. The highest BCUT2D eigenvalue weighted by atomic mass is 16.5. The highest BCUT2D eigenvalue weighted by Crippen LogP contribution is 2.25.